The van der Waals surface area contributed by atoms with Gasteiger partial charge in [-0.3, -0.25) is 4.68 Å². The van der Waals surface area contributed by atoms with Crippen molar-refractivity contribution < 1.29 is 4.74 Å². The summed E-state index contributed by atoms with van der Waals surface area (Å²) in [5.41, 5.74) is 1.31. The number of nitrogens with one attached hydrogen (secondary N) is 1. The van der Waals surface area contributed by atoms with E-state index in [0.29, 0.717) is 12.0 Å². The minimum atomic E-state index is 0.509. The van der Waals surface area contributed by atoms with Gasteiger partial charge >= 0.3 is 0 Å². The summed E-state index contributed by atoms with van der Waals surface area (Å²) in [4.78, 5) is 0. The molecule has 4 nitrogen and oxygen atoms in total. The lowest BCUT2D eigenvalue weighted by atomic mass is 9.98. The highest BCUT2D eigenvalue weighted by Gasteiger charge is 2.13. The van der Waals surface area contributed by atoms with Crippen molar-refractivity contribution in [2.45, 2.75) is 46.2 Å². The zero-order valence-corrected chi connectivity index (χ0v) is 12.1. The number of rotatable bonds is 9. The molecule has 0 saturated carbocycles. The molecule has 1 aromatic heterocycles. The fourth-order valence-electron chi connectivity index (χ4n) is 2.34. The van der Waals surface area contributed by atoms with Crippen LogP contribution in [0.25, 0.3) is 0 Å². The summed E-state index contributed by atoms with van der Waals surface area (Å²) in [5, 5.41) is 7.88. The maximum atomic E-state index is 5.21. The first-order valence-electron chi connectivity index (χ1n) is 6.93. The number of hydrogen-bond acceptors (Lipinski definition) is 3. The van der Waals surface area contributed by atoms with Crippen LogP contribution in [-0.4, -0.2) is 36.1 Å². The average molecular weight is 253 g/mol. The number of hydrogen-bond donors (Lipinski definition) is 1. The molecule has 2 unspecified atom stereocenters. The largest absolute Gasteiger partial charge is 0.384 e. The monoisotopic (exact) mass is 253 g/mol. The molecule has 0 aliphatic rings. The summed E-state index contributed by atoms with van der Waals surface area (Å²) in [6, 6.07) is 0.509. The van der Waals surface area contributed by atoms with Gasteiger partial charge in [0.05, 0.1) is 6.20 Å². The van der Waals surface area contributed by atoms with Crippen LogP contribution in [0.3, 0.4) is 0 Å². The normalized spacial score (nSPS) is 14.7. The average Bonchev–Trinajstić information content (AvgIpc) is 2.77. The maximum absolute atomic E-state index is 5.21. The molecule has 18 heavy (non-hydrogen) atoms. The van der Waals surface area contributed by atoms with Crippen molar-refractivity contribution in [3.63, 3.8) is 0 Å². The highest BCUT2D eigenvalue weighted by molar-refractivity contribution is 5.06. The molecule has 1 rings (SSSR count). The Morgan fingerprint density at radius 2 is 2.22 bits per heavy atom. The summed E-state index contributed by atoms with van der Waals surface area (Å²) in [6.07, 6.45) is 6.31. The standard InChI is InChI=1S/C14H27N3O/c1-5-15-14(7-12(3)11-18-4)8-13-9-16-17(6-2)10-13/h9-10,12,14-15H,5-8,11H2,1-4H3. The molecule has 1 heterocycles. The van der Waals surface area contributed by atoms with Gasteiger partial charge in [0, 0.05) is 32.5 Å². The van der Waals surface area contributed by atoms with Crippen LogP contribution in [0.1, 0.15) is 32.8 Å². The first kappa shape index (κ1) is 15.2. The number of nitrogens with zero attached hydrogens (tertiary/aromatic N) is 2. The van der Waals surface area contributed by atoms with Crippen molar-refractivity contribution >= 4 is 0 Å². The smallest absolute Gasteiger partial charge is 0.0522 e. The number of likely N-dealkylation sites (N-methyl/N-ethyl adjacent to an activating group) is 1. The Morgan fingerprint density at radius 3 is 2.78 bits per heavy atom. The van der Waals surface area contributed by atoms with Gasteiger partial charge in [0.2, 0.25) is 0 Å². The van der Waals surface area contributed by atoms with Gasteiger partial charge in [0.25, 0.3) is 0 Å². The topological polar surface area (TPSA) is 39.1 Å². The van der Waals surface area contributed by atoms with Crippen LogP contribution in [0.4, 0.5) is 0 Å². The van der Waals surface area contributed by atoms with Crippen LogP contribution in [-0.2, 0) is 17.7 Å². The Kier molecular flexibility index (Phi) is 6.98. The van der Waals surface area contributed by atoms with Crippen LogP contribution in [0, 0.1) is 5.92 Å². The summed E-state index contributed by atoms with van der Waals surface area (Å²) in [6.45, 7) is 9.28. The minimum absolute atomic E-state index is 0.509. The molecule has 2 atom stereocenters. The third-order valence-corrected chi connectivity index (χ3v) is 3.12. The highest BCUT2D eigenvalue weighted by Crippen LogP contribution is 2.11. The second kappa shape index (κ2) is 8.27. The second-order valence-electron chi connectivity index (χ2n) is 4.96. The Hall–Kier alpha value is -0.870. The third-order valence-electron chi connectivity index (χ3n) is 3.12. The first-order chi connectivity index (χ1) is 8.69. The molecule has 0 spiro atoms. The van der Waals surface area contributed by atoms with Crippen molar-refractivity contribution in [3.8, 4) is 0 Å². The van der Waals surface area contributed by atoms with E-state index >= 15 is 0 Å². The molecular formula is C14H27N3O. The number of aromatic nitrogens is 2. The SMILES string of the molecule is CCNC(Cc1cnn(CC)c1)CC(C)COC. The number of methoxy groups -OCH3 is 1. The van der Waals surface area contributed by atoms with Crippen molar-refractivity contribution in [1.82, 2.24) is 15.1 Å². The molecule has 0 bridgehead atoms. The lowest BCUT2D eigenvalue weighted by Gasteiger charge is -2.21. The second-order valence-corrected chi connectivity index (χ2v) is 4.96. The van der Waals surface area contributed by atoms with Crippen LogP contribution in [0.2, 0.25) is 0 Å². The molecule has 1 N–H and O–H groups in total. The number of ether oxygens (including phenoxy) is 1. The first-order valence-corrected chi connectivity index (χ1v) is 6.93. The van der Waals surface area contributed by atoms with Crippen LogP contribution >= 0.6 is 0 Å². The summed E-state index contributed by atoms with van der Waals surface area (Å²) >= 11 is 0. The van der Waals surface area contributed by atoms with E-state index in [2.05, 4.69) is 37.4 Å². The van der Waals surface area contributed by atoms with E-state index in [4.69, 9.17) is 4.74 Å². The van der Waals surface area contributed by atoms with Gasteiger partial charge in [0.15, 0.2) is 0 Å². The zero-order chi connectivity index (χ0) is 13.4. The summed E-state index contributed by atoms with van der Waals surface area (Å²) < 4.78 is 7.19. The Morgan fingerprint density at radius 1 is 1.44 bits per heavy atom. The summed E-state index contributed by atoms with van der Waals surface area (Å²) in [5.74, 6) is 0.584. The fourth-order valence-corrected chi connectivity index (χ4v) is 2.34. The van der Waals surface area contributed by atoms with E-state index in [0.717, 1.165) is 32.5 Å². The zero-order valence-electron chi connectivity index (χ0n) is 12.1. The molecule has 1 aromatic rings. The third kappa shape index (κ3) is 5.19. The van der Waals surface area contributed by atoms with E-state index in [1.165, 1.54) is 5.56 Å². The van der Waals surface area contributed by atoms with Gasteiger partial charge in [-0.05, 0) is 37.8 Å². The van der Waals surface area contributed by atoms with Crippen molar-refractivity contribution in [1.29, 1.82) is 0 Å². The van der Waals surface area contributed by atoms with E-state index in [1.807, 2.05) is 10.9 Å². The molecule has 4 heteroatoms. The van der Waals surface area contributed by atoms with Crippen LogP contribution in [0.5, 0.6) is 0 Å². The predicted molar refractivity (Wildman–Crippen MR) is 74.7 cm³/mol. The van der Waals surface area contributed by atoms with Crippen molar-refractivity contribution in [2.24, 2.45) is 5.92 Å². The van der Waals surface area contributed by atoms with Gasteiger partial charge in [-0.15, -0.1) is 0 Å². The van der Waals surface area contributed by atoms with Gasteiger partial charge in [0.1, 0.15) is 0 Å². The molecular weight excluding hydrogens is 226 g/mol. The lowest BCUT2D eigenvalue weighted by molar-refractivity contribution is 0.149. The highest BCUT2D eigenvalue weighted by atomic mass is 16.5. The van der Waals surface area contributed by atoms with Gasteiger partial charge in [-0.2, -0.15) is 5.10 Å². The molecule has 0 aromatic carbocycles. The molecule has 104 valence electrons. The van der Waals surface area contributed by atoms with Gasteiger partial charge in [-0.25, -0.2) is 0 Å². The molecule has 0 fully saturated rings. The van der Waals surface area contributed by atoms with Crippen LogP contribution in [0.15, 0.2) is 12.4 Å². The van der Waals surface area contributed by atoms with E-state index < -0.39 is 0 Å². The predicted octanol–water partition coefficient (Wildman–Crippen LogP) is 2.10. The molecule has 0 aliphatic carbocycles. The minimum Gasteiger partial charge on any atom is -0.384 e. The van der Waals surface area contributed by atoms with E-state index in [-0.39, 0.29) is 0 Å². The van der Waals surface area contributed by atoms with Gasteiger partial charge < -0.3 is 10.1 Å². The van der Waals surface area contributed by atoms with E-state index in [9.17, 15) is 0 Å². The van der Waals surface area contributed by atoms with Gasteiger partial charge in [-0.1, -0.05) is 13.8 Å². The Labute approximate surface area is 111 Å². The Bertz CT molecular complexity index is 325. The van der Waals surface area contributed by atoms with E-state index in [1.54, 1.807) is 7.11 Å². The summed E-state index contributed by atoms with van der Waals surface area (Å²) in [7, 11) is 1.77. The number of aryl methyl sites for hydroxylation is 1. The molecule has 0 aliphatic heterocycles. The maximum Gasteiger partial charge on any atom is 0.0522 e. The lowest BCUT2D eigenvalue weighted by Crippen LogP contribution is -2.33. The molecule has 0 amide bonds. The molecule has 0 saturated heterocycles. The fraction of sp³-hybridized carbons (Fsp3) is 0.786. The Balaban J connectivity index is 2.50. The van der Waals surface area contributed by atoms with Crippen molar-refractivity contribution in [3.05, 3.63) is 18.0 Å². The van der Waals surface area contributed by atoms with Crippen molar-refractivity contribution in [2.75, 3.05) is 20.3 Å². The quantitative estimate of drug-likeness (QED) is 0.732. The molecule has 0 radical (unpaired) electrons. The van der Waals surface area contributed by atoms with Crippen LogP contribution < -0.4 is 5.32 Å².